The Balaban J connectivity index is 2.11. The monoisotopic (exact) mass is 223 g/mol. The van der Waals surface area contributed by atoms with Gasteiger partial charge in [-0.1, -0.05) is 48.5 Å². The molecule has 0 aliphatic carbocycles. The molecule has 2 N–H and O–H groups in total. The highest BCUT2D eigenvalue weighted by atomic mass is 16.1. The van der Waals surface area contributed by atoms with Crippen molar-refractivity contribution in [2.75, 3.05) is 5.73 Å². The summed E-state index contributed by atoms with van der Waals surface area (Å²) in [6, 6.07) is 16.6. The molecule has 0 saturated heterocycles. The number of ketones is 1. The highest BCUT2D eigenvalue weighted by Gasteiger charge is 1.98. The summed E-state index contributed by atoms with van der Waals surface area (Å²) < 4.78 is 0. The molecular weight excluding hydrogens is 210 g/mol. The number of rotatable bonds is 3. The minimum Gasteiger partial charge on any atom is -0.399 e. The summed E-state index contributed by atoms with van der Waals surface area (Å²) in [6.45, 7) is 0. The van der Waals surface area contributed by atoms with Crippen LogP contribution in [0, 0.1) is 0 Å². The van der Waals surface area contributed by atoms with Gasteiger partial charge >= 0.3 is 0 Å². The van der Waals surface area contributed by atoms with Crippen LogP contribution in [0.15, 0.2) is 60.7 Å². The zero-order valence-electron chi connectivity index (χ0n) is 9.34. The maximum Gasteiger partial charge on any atom is 0.185 e. The molecule has 0 spiro atoms. The predicted octanol–water partition coefficient (Wildman–Crippen LogP) is 3.16. The fraction of sp³-hybridized carbons (Fsp3) is 0. The molecule has 0 atom stereocenters. The van der Waals surface area contributed by atoms with Crippen molar-refractivity contribution in [1.82, 2.24) is 0 Å². The summed E-state index contributed by atoms with van der Waals surface area (Å²) in [7, 11) is 0. The van der Waals surface area contributed by atoms with Crippen LogP contribution in [-0.2, 0) is 0 Å². The summed E-state index contributed by atoms with van der Waals surface area (Å²) >= 11 is 0. The Morgan fingerprint density at radius 2 is 1.59 bits per heavy atom. The van der Waals surface area contributed by atoms with Crippen molar-refractivity contribution in [3.63, 3.8) is 0 Å². The van der Waals surface area contributed by atoms with Gasteiger partial charge in [0.2, 0.25) is 0 Å². The van der Waals surface area contributed by atoms with E-state index in [-0.39, 0.29) is 5.78 Å². The van der Waals surface area contributed by atoms with Gasteiger partial charge in [0.05, 0.1) is 0 Å². The van der Waals surface area contributed by atoms with Gasteiger partial charge in [-0.25, -0.2) is 0 Å². The number of nitrogens with two attached hydrogens (primary N) is 1. The number of carbonyl (C=O) groups excluding carboxylic acids is 1. The summed E-state index contributed by atoms with van der Waals surface area (Å²) in [5, 5.41) is 0. The number of anilines is 1. The van der Waals surface area contributed by atoms with Gasteiger partial charge in [0.15, 0.2) is 5.78 Å². The second kappa shape index (κ2) is 5.12. The van der Waals surface area contributed by atoms with Crippen LogP contribution in [0.25, 0.3) is 6.08 Å². The van der Waals surface area contributed by atoms with Crippen LogP contribution < -0.4 is 5.73 Å². The Kier molecular flexibility index (Phi) is 3.36. The van der Waals surface area contributed by atoms with Gasteiger partial charge in [0.1, 0.15) is 0 Å². The first-order valence-electron chi connectivity index (χ1n) is 5.39. The van der Waals surface area contributed by atoms with Crippen molar-refractivity contribution in [3.8, 4) is 0 Å². The molecule has 84 valence electrons. The van der Waals surface area contributed by atoms with Crippen molar-refractivity contribution in [3.05, 3.63) is 71.8 Å². The highest BCUT2D eigenvalue weighted by Crippen LogP contribution is 2.08. The minimum absolute atomic E-state index is 0.00225. The van der Waals surface area contributed by atoms with Crippen molar-refractivity contribution in [1.29, 1.82) is 0 Å². The molecule has 0 bridgehead atoms. The largest absolute Gasteiger partial charge is 0.399 e. The van der Waals surface area contributed by atoms with Gasteiger partial charge < -0.3 is 5.73 Å². The fourth-order valence-electron chi connectivity index (χ4n) is 1.48. The molecule has 2 aromatic carbocycles. The highest BCUT2D eigenvalue weighted by molar-refractivity contribution is 6.06. The van der Waals surface area contributed by atoms with E-state index in [0.29, 0.717) is 5.56 Å². The van der Waals surface area contributed by atoms with Crippen molar-refractivity contribution >= 4 is 17.5 Å². The van der Waals surface area contributed by atoms with E-state index in [2.05, 4.69) is 0 Å². The number of nitrogen functional groups attached to an aromatic ring is 1. The molecule has 0 fully saturated rings. The molecule has 0 amide bonds. The molecule has 2 aromatic rings. The zero-order valence-corrected chi connectivity index (χ0v) is 9.34. The van der Waals surface area contributed by atoms with Crippen LogP contribution >= 0.6 is 0 Å². The van der Waals surface area contributed by atoms with E-state index < -0.39 is 0 Å². The minimum atomic E-state index is 0.00225. The van der Waals surface area contributed by atoms with Gasteiger partial charge in [0.25, 0.3) is 0 Å². The van der Waals surface area contributed by atoms with E-state index in [4.69, 9.17) is 5.73 Å². The molecule has 2 nitrogen and oxygen atoms in total. The lowest BCUT2D eigenvalue weighted by Crippen LogP contribution is -1.92. The van der Waals surface area contributed by atoms with Crippen molar-refractivity contribution in [2.45, 2.75) is 0 Å². The summed E-state index contributed by atoms with van der Waals surface area (Å²) in [5.74, 6) is 0.00225. The topological polar surface area (TPSA) is 43.1 Å². The third-order valence-electron chi connectivity index (χ3n) is 2.42. The van der Waals surface area contributed by atoms with Gasteiger partial charge in [-0.05, 0) is 23.8 Å². The fourth-order valence-corrected chi connectivity index (χ4v) is 1.48. The number of allylic oxidation sites excluding steroid dienone is 1. The molecular formula is C15H13NO. The molecule has 0 radical (unpaired) electrons. The predicted molar refractivity (Wildman–Crippen MR) is 70.7 cm³/mol. The molecule has 0 aliphatic heterocycles. The van der Waals surface area contributed by atoms with E-state index in [1.807, 2.05) is 42.5 Å². The molecule has 2 rings (SSSR count). The Labute approximate surface area is 100 Å². The third kappa shape index (κ3) is 3.05. The van der Waals surface area contributed by atoms with Crippen LogP contribution in [0.5, 0.6) is 0 Å². The first-order valence-corrected chi connectivity index (χ1v) is 5.39. The molecule has 17 heavy (non-hydrogen) atoms. The van der Waals surface area contributed by atoms with Crippen LogP contribution in [0.2, 0.25) is 0 Å². The Hall–Kier alpha value is -2.35. The lowest BCUT2D eigenvalue weighted by Gasteiger charge is -1.96. The third-order valence-corrected chi connectivity index (χ3v) is 2.42. The van der Waals surface area contributed by atoms with Crippen molar-refractivity contribution < 1.29 is 4.79 Å². The quantitative estimate of drug-likeness (QED) is 0.493. The summed E-state index contributed by atoms with van der Waals surface area (Å²) in [5.41, 5.74) is 7.96. The Morgan fingerprint density at radius 3 is 2.24 bits per heavy atom. The summed E-state index contributed by atoms with van der Waals surface area (Å²) in [6.07, 6.45) is 3.36. The van der Waals surface area contributed by atoms with Crippen molar-refractivity contribution in [2.24, 2.45) is 0 Å². The first-order chi connectivity index (χ1) is 8.25. The number of hydrogen-bond donors (Lipinski definition) is 1. The number of benzene rings is 2. The lowest BCUT2D eigenvalue weighted by atomic mass is 10.1. The molecule has 0 unspecified atom stereocenters. The molecule has 2 heteroatoms. The second-order valence-corrected chi connectivity index (χ2v) is 3.73. The van der Waals surface area contributed by atoms with Gasteiger partial charge in [-0.15, -0.1) is 0 Å². The molecule has 0 heterocycles. The van der Waals surface area contributed by atoms with E-state index in [9.17, 15) is 4.79 Å². The van der Waals surface area contributed by atoms with Gasteiger partial charge in [-0.2, -0.15) is 0 Å². The standard InChI is InChI=1S/C15H13NO/c16-14-9-6-12(7-10-14)8-11-15(17)13-4-2-1-3-5-13/h1-11H,16H2/b11-8-. The Bertz CT molecular complexity index is 527. The number of carbonyl (C=O) groups is 1. The van der Waals surface area contributed by atoms with Crippen LogP contribution in [0.4, 0.5) is 5.69 Å². The van der Waals surface area contributed by atoms with Crippen LogP contribution in [0.3, 0.4) is 0 Å². The van der Waals surface area contributed by atoms with Crippen LogP contribution in [0.1, 0.15) is 15.9 Å². The Morgan fingerprint density at radius 1 is 0.941 bits per heavy atom. The van der Waals surface area contributed by atoms with E-state index in [1.54, 1.807) is 24.3 Å². The molecule has 0 aromatic heterocycles. The summed E-state index contributed by atoms with van der Waals surface area (Å²) in [4.78, 5) is 11.8. The van der Waals surface area contributed by atoms with E-state index >= 15 is 0 Å². The average molecular weight is 223 g/mol. The SMILES string of the molecule is Nc1ccc(/C=C\C(=O)c2ccccc2)cc1. The normalized spacial score (nSPS) is 10.6. The molecule has 0 aliphatic rings. The van der Waals surface area contributed by atoms with Gasteiger partial charge in [-0.3, -0.25) is 4.79 Å². The number of hydrogen-bond acceptors (Lipinski definition) is 2. The second-order valence-electron chi connectivity index (χ2n) is 3.73. The maximum atomic E-state index is 11.8. The lowest BCUT2D eigenvalue weighted by molar-refractivity contribution is 0.104. The van der Waals surface area contributed by atoms with E-state index in [1.165, 1.54) is 0 Å². The average Bonchev–Trinajstić information content (AvgIpc) is 2.39. The maximum absolute atomic E-state index is 11.8. The molecule has 0 saturated carbocycles. The van der Waals surface area contributed by atoms with E-state index in [0.717, 1.165) is 11.3 Å². The zero-order chi connectivity index (χ0) is 12.1. The van der Waals surface area contributed by atoms with Crippen LogP contribution in [-0.4, -0.2) is 5.78 Å². The smallest absolute Gasteiger partial charge is 0.185 e. The van der Waals surface area contributed by atoms with Gasteiger partial charge in [0, 0.05) is 11.3 Å². The first kappa shape index (κ1) is 11.1.